The number of primary amides is 1. The number of rotatable bonds is 4. The van der Waals surface area contributed by atoms with Gasteiger partial charge in [-0.05, 0) is 42.5 Å². The van der Waals surface area contributed by atoms with Crippen LogP contribution in [0.1, 0.15) is 10.4 Å². The highest BCUT2D eigenvalue weighted by atomic mass is 16.5. The van der Waals surface area contributed by atoms with Crippen molar-refractivity contribution in [2.75, 3.05) is 24.8 Å². The molecule has 2 aromatic rings. The highest BCUT2D eigenvalue weighted by Gasteiger charge is 2.10. The lowest BCUT2D eigenvalue weighted by Gasteiger charge is -2.21. The van der Waals surface area contributed by atoms with Gasteiger partial charge in [0.15, 0.2) is 0 Å². The molecular formula is C15H17N3O2. The van der Waals surface area contributed by atoms with Gasteiger partial charge in [-0.1, -0.05) is 0 Å². The topological polar surface area (TPSA) is 81.6 Å². The Kier molecular flexibility index (Phi) is 3.79. The van der Waals surface area contributed by atoms with Crippen LogP contribution >= 0.6 is 0 Å². The summed E-state index contributed by atoms with van der Waals surface area (Å²) in [6.45, 7) is 0. The van der Waals surface area contributed by atoms with Crippen molar-refractivity contribution < 1.29 is 9.53 Å². The van der Waals surface area contributed by atoms with Crippen LogP contribution in [0.15, 0.2) is 42.5 Å². The van der Waals surface area contributed by atoms with E-state index in [0.29, 0.717) is 11.3 Å². The first-order valence-corrected chi connectivity index (χ1v) is 6.10. The fourth-order valence-corrected chi connectivity index (χ4v) is 1.96. The number of carbonyl (C=O) groups excluding carboxylic acids is 1. The SMILES string of the molecule is COc1ccc(N(C)c2ccc(C(N)=O)cc2N)cc1. The van der Waals surface area contributed by atoms with Gasteiger partial charge in [0.1, 0.15) is 5.75 Å². The number of methoxy groups -OCH3 is 1. The van der Waals surface area contributed by atoms with Gasteiger partial charge in [0.25, 0.3) is 0 Å². The average Bonchev–Trinajstić information content (AvgIpc) is 2.46. The molecule has 4 N–H and O–H groups in total. The molecule has 0 aromatic heterocycles. The van der Waals surface area contributed by atoms with Crippen molar-refractivity contribution in [3.05, 3.63) is 48.0 Å². The number of anilines is 3. The van der Waals surface area contributed by atoms with Crippen molar-refractivity contribution in [1.29, 1.82) is 0 Å². The van der Waals surface area contributed by atoms with Crippen LogP contribution in [0.25, 0.3) is 0 Å². The lowest BCUT2D eigenvalue weighted by molar-refractivity contribution is 0.100. The predicted molar refractivity (Wildman–Crippen MR) is 80.4 cm³/mol. The van der Waals surface area contributed by atoms with Gasteiger partial charge in [0.2, 0.25) is 5.91 Å². The number of amides is 1. The van der Waals surface area contributed by atoms with E-state index in [1.165, 1.54) is 0 Å². The monoisotopic (exact) mass is 271 g/mol. The molecule has 0 aliphatic rings. The Hall–Kier alpha value is -2.69. The molecule has 0 atom stereocenters. The zero-order valence-electron chi connectivity index (χ0n) is 11.5. The first kappa shape index (κ1) is 13.7. The maximum absolute atomic E-state index is 11.1. The van der Waals surface area contributed by atoms with Gasteiger partial charge < -0.3 is 21.1 Å². The summed E-state index contributed by atoms with van der Waals surface area (Å²) in [5.74, 6) is 0.301. The third kappa shape index (κ3) is 2.66. The van der Waals surface area contributed by atoms with Gasteiger partial charge in [-0.15, -0.1) is 0 Å². The van der Waals surface area contributed by atoms with Crippen LogP contribution in [0, 0.1) is 0 Å². The fourth-order valence-electron chi connectivity index (χ4n) is 1.96. The van der Waals surface area contributed by atoms with Crippen LogP contribution in [0.5, 0.6) is 5.75 Å². The molecule has 104 valence electrons. The molecule has 2 rings (SSSR count). The number of hydrogen-bond donors (Lipinski definition) is 2. The molecule has 0 bridgehead atoms. The quantitative estimate of drug-likeness (QED) is 0.835. The number of nitrogens with zero attached hydrogens (tertiary/aromatic N) is 1. The van der Waals surface area contributed by atoms with E-state index in [2.05, 4.69) is 0 Å². The van der Waals surface area contributed by atoms with Gasteiger partial charge in [0.05, 0.1) is 18.5 Å². The molecule has 5 nitrogen and oxygen atoms in total. The minimum atomic E-state index is -0.490. The minimum absolute atomic E-state index is 0.398. The predicted octanol–water partition coefficient (Wildman–Crippen LogP) is 2.14. The summed E-state index contributed by atoms with van der Waals surface area (Å²) < 4.78 is 5.13. The fraction of sp³-hybridized carbons (Fsp3) is 0.133. The Morgan fingerprint density at radius 2 is 1.80 bits per heavy atom. The summed E-state index contributed by atoms with van der Waals surface area (Å²) in [7, 11) is 3.52. The summed E-state index contributed by atoms with van der Waals surface area (Å²) in [6, 6.07) is 12.6. The second-order valence-electron chi connectivity index (χ2n) is 4.39. The summed E-state index contributed by atoms with van der Waals surface area (Å²) in [6.07, 6.45) is 0. The van der Waals surface area contributed by atoms with Crippen LogP contribution in [0.2, 0.25) is 0 Å². The maximum Gasteiger partial charge on any atom is 0.248 e. The Morgan fingerprint density at radius 1 is 1.15 bits per heavy atom. The highest BCUT2D eigenvalue weighted by molar-refractivity contribution is 5.95. The molecule has 20 heavy (non-hydrogen) atoms. The van der Waals surface area contributed by atoms with E-state index in [-0.39, 0.29) is 0 Å². The average molecular weight is 271 g/mol. The third-order valence-corrected chi connectivity index (χ3v) is 3.13. The summed E-state index contributed by atoms with van der Waals surface area (Å²) in [5, 5.41) is 0. The van der Waals surface area contributed by atoms with Crippen molar-refractivity contribution in [3.8, 4) is 5.75 Å². The van der Waals surface area contributed by atoms with Gasteiger partial charge in [-0.25, -0.2) is 0 Å². The van der Waals surface area contributed by atoms with Gasteiger partial charge in [0, 0.05) is 18.3 Å². The number of nitrogen functional groups attached to an aromatic ring is 1. The first-order valence-electron chi connectivity index (χ1n) is 6.10. The van der Waals surface area contributed by atoms with Crippen molar-refractivity contribution in [1.82, 2.24) is 0 Å². The van der Waals surface area contributed by atoms with E-state index in [0.717, 1.165) is 17.1 Å². The Labute approximate surface area is 117 Å². The first-order chi connectivity index (χ1) is 9.52. The number of nitrogens with two attached hydrogens (primary N) is 2. The van der Waals surface area contributed by atoms with Crippen molar-refractivity contribution >= 4 is 23.0 Å². The van der Waals surface area contributed by atoms with Gasteiger partial charge in [-0.3, -0.25) is 4.79 Å². The Balaban J connectivity index is 2.32. The molecule has 0 radical (unpaired) electrons. The molecule has 0 spiro atoms. The second kappa shape index (κ2) is 5.52. The number of hydrogen-bond acceptors (Lipinski definition) is 4. The van der Waals surface area contributed by atoms with Crippen LogP contribution in [0.4, 0.5) is 17.1 Å². The van der Waals surface area contributed by atoms with E-state index < -0.39 is 5.91 Å². The largest absolute Gasteiger partial charge is 0.497 e. The third-order valence-electron chi connectivity index (χ3n) is 3.13. The Bertz CT molecular complexity index is 624. The zero-order chi connectivity index (χ0) is 14.7. The lowest BCUT2D eigenvalue weighted by Crippen LogP contribution is -2.14. The molecule has 0 aliphatic heterocycles. The zero-order valence-corrected chi connectivity index (χ0v) is 11.5. The van der Waals surface area contributed by atoms with Crippen molar-refractivity contribution in [2.45, 2.75) is 0 Å². The van der Waals surface area contributed by atoms with Gasteiger partial charge in [-0.2, -0.15) is 0 Å². The molecule has 0 heterocycles. The summed E-state index contributed by atoms with van der Waals surface area (Å²) in [4.78, 5) is 13.0. The van der Waals surface area contributed by atoms with E-state index in [1.807, 2.05) is 36.2 Å². The van der Waals surface area contributed by atoms with Crippen molar-refractivity contribution in [2.24, 2.45) is 5.73 Å². The maximum atomic E-state index is 11.1. The van der Waals surface area contributed by atoms with Crippen LogP contribution in [-0.4, -0.2) is 20.1 Å². The lowest BCUT2D eigenvalue weighted by atomic mass is 10.1. The van der Waals surface area contributed by atoms with E-state index in [4.69, 9.17) is 16.2 Å². The molecule has 0 saturated carbocycles. The standard InChI is InChI=1S/C15H17N3O2/c1-18(11-4-6-12(20-2)7-5-11)14-8-3-10(15(17)19)9-13(14)16/h3-9H,16H2,1-2H3,(H2,17,19). The number of benzene rings is 2. The number of ether oxygens (including phenoxy) is 1. The molecule has 5 heteroatoms. The van der Waals surface area contributed by atoms with Crippen LogP contribution in [-0.2, 0) is 0 Å². The second-order valence-corrected chi connectivity index (χ2v) is 4.39. The molecule has 2 aromatic carbocycles. The molecule has 0 aliphatic carbocycles. The van der Waals surface area contributed by atoms with E-state index in [9.17, 15) is 4.79 Å². The van der Waals surface area contributed by atoms with E-state index in [1.54, 1.807) is 25.3 Å². The molecule has 0 unspecified atom stereocenters. The normalized spacial score (nSPS) is 10.1. The van der Waals surface area contributed by atoms with Crippen LogP contribution in [0.3, 0.4) is 0 Å². The summed E-state index contributed by atoms with van der Waals surface area (Å²) in [5.41, 5.74) is 13.9. The highest BCUT2D eigenvalue weighted by Crippen LogP contribution is 2.30. The molecule has 0 saturated heterocycles. The number of carbonyl (C=O) groups is 1. The van der Waals surface area contributed by atoms with Crippen molar-refractivity contribution in [3.63, 3.8) is 0 Å². The molecular weight excluding hydrogens is 254 g/mol. The van der Waals surface area contributed by atoms with Gasteiger partial charge >= 0.3 is 0 Å². The Morgan fingerprint density at radius 3 is 2.30 bits per heavy atom. The minimum Gasteiger partial charge on any atom is -0.497 e. The summed E-state index contributed by atoms with van der Waals surface area (Å²) >= 11 is 0. The smallest absolute Gasteiger partial charge is 0.248 e. The molecule has 0 fully saturated rings. The van der Waals surface area contributed by atoms with E-state index >= 15 is 0 Å². The van der Waals surface area contributed by atoms with Crippen LogP contribution < -0.4 is 21.1 Å². The molecule has 1 amide bonds.